The molecule has 0 bridgehead atoms. The van der Waals surface area contributed by atoms with Crippen molar-refractivity contribution in [1.29, 1.82) is 0 Å². The summed E-state index contributed by atoms with van der Waals surface area (Å²) in [6.07, 6.45) is 0.733. The molecule has 0 unspecified atom stereocenters. The molecule has 0 saturated carbocycles. The van der Waals surface area contributed by atoms with Gasteiger partial charge in [0.1, 0.15) is 0 Å². The molecule has 140 valence electrons. The van der Waals surface area contributed by atoms with Gasteiger partial charge >= 0.3 is 0 Å². The van der Waals surface area contributed by atoms with Gasteiger partial charge in [-0.3, -0.25) is 4.79 Å². The number of hydrogen-bond acceptors (Lipinski definition) is 4. The molecule has 6 heteroatoms. The number of nitrogens with one attached hydrogen (secondary N) is 2. The normalized spacial score (nSPS) is 10.3. The van der Waals surface area contributed by atoms with Crippen molar-refractivity contribution >= 4 is 27.5 Å². The van der Waals surface area contributed by atoms with Crippen molar-refractivity contribution in [2.24, 2.45) is 0 Å². The van der Waals surface area contributed by atoms with Crippen molar-refractivity contribution in [1.82, 2.24) is 5.32 Å². The van der Waals surface area contributed by atoms with Gasteiger partial charge in [0.2, 0.25) is 5.91 Å². The van der Waals surface area contributed by atoms with Crippen LogP contribution in [0.15, 0.2) is 46.9 Å². The lowest BCUT2D eigenvalue weighted by Gasteiger charge is -2.13. The van der Waals surface area contributed by atoms with Crippen LogP contribution in [0.25, 0.3) is 0 Å². The molecule has 0 fully saturated rings. The van der Waals surface area contributed by atoms with Crippen LogP contribution in [0.4, 0.5) is 5.69 Å². The number of ether oxygens (including phenoxy) is 2. The molecule has 0 aliphatic carbocycles. The minimum absolute atomic E-state index is 0.0381. The maximum absolute atomic E-state index is 12.0. The van der Waals surface area contributed by atoms with Gasteiger partial charge in [0.25, 0.3) is 0 Å². The Morgan fingerprint density at radius 3 is 2.38 bits per heavy atom. The van der Waals surface area contributed by atoms with E-state index >= 15 is 0 Å². The Morgan fingerprint density at radius 2 is 1.69 bits per heavy atom. The molecule has 0 spiro atoms. The SMILES string of the molecule is CCOc1ccc(CCNC(=O)CNc2ccc(Br)cc2)cc1OCC. The third kappa shape index (κ3) is 6.59. The van der Waals surface area contributed by atoms with Crippen LogP contribution < -0.4 is 20.1 Å². The Kier molecular flexibility index (Phi) is 8.28. The van der Waals surface area contributed by atoms with E-state index in [0.717, 1.165) is 33.6 Å². The first kappa shape index (κ1) is 20.1. The Labute approximate surface area is 163 Å². The van der Waals surface area contributed by atoms with Gasteiger partial charge in [-0.15, -0.1) is 0 Å². The Hall–Kier alpha value is -2.21. The molecular weight excluding hydrogens is 396 g/mol. The third-order valence-corrected chi connectivity index (χ3v) is 4.17. The van der Waals surface area contributed by atoms with Gasteiger partial charge in [-0.25, -0.2) is 0 Å². The highest BCUT2D eigenvalue weighted by atomic mass is 79.9. The number of hydrogen-bond donors (Lipinski definition) is 2. The molecule has 5 nitrogen and oxygen atoms in total. The lowest BCUT2D eigenvalue weighted by molar-refractivity contribution is -0.119. The van der Waals surface area contributed by atoms with Gasteiger partial charge in [-0.1, -0.05) is 22.0 Å². The molecule has 0 aromatic heterocycles. The molecule has 0 radical (unpaired) electrons. The number of carbonyl (C=O) groups is 1. The van der Waals surface area contributed by atoms with Crippen LogP contribution in [0.5, 0.6) is 11.5 Å². The van der Waals surface area contributed by atoms with Crippen molar-refractivity contribution in [3.8, 4) is 11.5 Å². The van der Waals surface area contributed by atoms with Crippen LogP contribution in [0.2, 0.25) is 0 Å². The average Bonchev–Trinajstić information content (AvgIpc) is 2.64. The fourth-order valence-electron chi connectivity index (χ4n) is 2.41. The van der Waals surface area contributed by atoms with Crippen molar-refractivity contribution in [3.63, 3.8) is 0 Å². The fraction of sp³-hybridized carbons (Fsp3) is 0.350. The van der Waals surface area contributed by atoms with Gasteiger partial charge in [0.15, 0.2) is 11.5 Å². The molecular formula is C20H25BrN2O3. The van der Waals surface area contributed by atoms with Gasteiger partial charge in [0.05, 0.1) is 19.8 Å². The first-order valence-corrected chi connectivity index (χ1v) is 9.56. The molecule has 2 aromatic carbocycles. The standard InChI is InChI=1S/C20H25BrN2O3/c1-3-25-18-10-5-15(13-19(18)26-4-2)11-12-22-20(24)14-23-17-8-6-16(21)7-9-17/h5-10,13,23H,3-4,11-12,14H2,1-2H3,(H,22,24). The number of benzene rings is 2. The summed E-state index contributed by atoms with van der Waals surface area (Å²) in [5, 5.41) is 6.02. The van der Waals surface area contributed by atoms with E-state index in [2.05, 4.69) is 26.6 Å². The number of rotatable bonds is 10. The van der Waals surface area contributed by atoms with Crippen LogP contribution in [0.3, 0.4) is 0 Å². The minimum atomic E-state index is -0.0381. The van der Waals surface area contributed by atoms with Crippen LogP contribution in [0.1, 0.15) is 19.4 Å². The second-order valence-electron chi connectivity index (χ2n) is 5.61. The van der Waals surface area contributed by atoms with Crippen LogP contribution in [-0.4, -0.2) is 32.2 Å². The van der Waals surface area contributed by atoms with Gasteiger partial charge in [-0.2, -0.15) is 0 Å². The smallest absolute Gasteiger partial charge is 0.239 e. The molecule has 0 saturated heterocycles. The first-order chi connectivity index (χ1) is 12.6. The monoisotopic (exact) mass is 420 g/mol. The highest BCUT2D eigenvalue weighted by Gasteiger charge is 2.07. The van der Waals surface area contributed by atoms with E-state index in [-0.39, 0.29) is 12.5 Å². The molecule has 1 amide bonds. The van der Waals surface area contributed by atoms with Gasteiger partial charge < -0.3 is 20.1 Å². The van der Waals surface area contributed by atoms with Crippen molar-refractivity contribution < 1.29 is 14.3 Å². The molecule has 2 rings (SSSR count). The van der Waals surface area contributed by atoms with Crippen molar-refractivity contribution in [3.05, 3.63) is 52.5 Å². The van der Waals surface area contributed by atoms with E-state index in [1.54, 1.807) is 0 Å². The number of carbonyl (C=O) groups excluding carboxylic acids is 1. The topological polar surface area (TPSA) is 59.6 Å². The van der Waals surface area contributed by atoms with E-state index in [1.807, 2.05) is 56.3 Å². The zero-order valence-electron chi connectivity index (χ0n) is 15.2. The number of halogens is 1. The lowest BCUT2D eigenvalue weighted by Crippen LogP contribution is -2.31. The van der Waals surface area contributed by atoms with Gasteiger partial charge in [-0.05, 0) is 62.2 Å². The maximum atomic E-state index is 12.0. The van der Waals surface area contributed by atoms with E-state index in [1.165, 1.54) is 0 Å². The fourth-order valence-corrected chi connectivity index (χ4v) is 2.67. The molecule has 0 aliphatic rings. The Balaban J connectivity index is 1.78. The number of anilines is 1. The first-order valence-electron chi connectivity index (χ1n) is 8.77. The maximum Gasteiger partial charge on any atom is 0.239 e. The third-order valence-electron chi connectivity index (χ3n) is 3.64. The highest BCUT2D eigenvalue weighted by Crippen LogP contribution is 2.28. The summed E-state index contributed by atoms with van der Waals surface area (Å²) < 4.78 is 12.2. The zero-order valence-corrected chi connectivity index (χ0v) is 16.8. The predicted molar refractivity (Wildman–Crippen MR) is 108 cm³/mol. The molecule has 2 N–H and O–H groups in total. The molecule has 2 aromatic rings. The minimum Gasteiger partial charge on any atom is -0.490 e. The number of amides is 1. The summed E-state index contributed by atoms with van der Waals surface area (Å²) in [5.41, 5.74) is 2.01. The van der Waals surface area contributed by atoms with Gasteiger partial charge in [0, 0.05) is 16.7 Å². The Bertz CT molecular complexity index is 705. The summed E-state index contributed by atoms with van der Waals surface area (Å²) >= 11 is 3.39. The van der Waals surface area contributed by atoms with E-state index < -0.39 is 0 Å². The van der Waals surface area contributed by atoms with E-state index in [4.69, 9.17) is 9.47 Å². The summed E-state index contributed by atoms with van der Waals surface area (Å²) in [7, 11) is 0. The highest BCUT2D eigenvalue weighted by molar-refractivity contribution is 9.10. The van der Waals surface area contributed by atoms with Crippen molar-refractivity contribution in [2.75, 3.05) is 31.6 Å². The molecule has 0 aliphatic heterocycles. The quantitative estimate of drug-likeness (QED) is 0.609. The van der Waals surface area contributed by atoms with E-state index in [9.17, 15) is 4.79 Å². The van der Waals surface area contributed by atoms with Crippen molar-refractivity contribution in [2.45, 2.75) is 20.3 Å². The largest absolute Gasteiger partial charge is 0.490 e. The Morgan fingerprint density at radius 1 is 1.00 bits per heavy atom. The van der Waals surface area contributed by atoms with Crippen LogP contribution >= 0.6 is 15.9 Å². The predicted octanol–water partition coefficient (Wildman–Crippen LogP) is 4.02. The van der Waals surface area contributed by atoms with Crippen LogP contribution in [-0.2, 0) is 11.2 Å². The summed E-state index contributed by atoms with van der Waals surface area (Å²) in [6, 6.07) is 13.6. The summed E-state index contributed by atoms with van der Waals surface area (Å²) in [5.74, 6) is 1.46. The van der Waals surface area contributed by atoms with E-state index in [0.29, 0.717) is 19.8 Å². The van der Waals surface area contributed by atoms with Crippen LogP contribution in [0, 0.1) is 0 Å². The molecule has 0 heterocycles. The second kappa shape index (κ2) is 10.7. The lowest BCUT2D eigenvalue weighted by atomic mass is 10.1. The summed E-state index contributed by atoms with van der Waals surface area (Å²) in [4.78, 5) is 12.0. The zero-order chi connectivity index (χ0) is 18.8. The molecule has 0 atom stereocenters. The molecule has 26 heavy (non-hydrogen) atoms. The summed E-state index contributed by atoms with van der Waals surface area (Å²) in [6.45, 7) is 5.89. The average molecular weight is 421 g/mol. The second-order valence-corrected chi connectivity index (χ2v) is 6.52.